The zero-order valence-electron chi connectivity index (χ0n) is 18.4. The molecule has 0 aromatic heterocycles. The highest BCUT2D eigenvalue weighted by molar-refractivity contribution is 8.00. The molecule has 1 saturated heterocycles. The zero-order valence-corrected chi connectivity index (χ0v) is 19.3. The maximum atomic E-state index is 12.9. The highest BCUT2D eigenvalue weighted by Gasteiger charge is 2.55. The van der Waals surface area contributed by atoms with E-state index in [0.717, 1.165) is 16.7 Å². The second-order valence-corrected chi connectivity index (χ2v) is 8.82. The van der Waals surface area contributed by atoms with Crippen molar-refractivity contribution in [1.29, 1.82) is 0 Å². The van der Waals surface area contributed by atoms with Gasteiger partial charge in [0.05, 0.1) is 10.7 Å². The third kappa shape index (κ3) is 4.86. The number of amides is 2. The van der Waals surface area contributed by atoms with Crippen LogP contribution in [0.2, 0.25) is 0 Å². The number of thioether (sulfide) groups is 1. The molecule has 2 heterocycles. The van der Waals surface area contributed by atoms with E-state index in [-0.39, 0.29) is 36.0 Å². The molecule has 0 saturated carbocycles. The van der Waals surface area contributed by atoms with Gasteiger partial charge in [0.25, 0.3) is 24.0 Å². The number of ether oxygens (including phenoxy) is 2. The minimum Gasteiger partial charge on any atom is -0.509 e. The molecule has 2 aliphatic rings. The van der Waals surface area contributed by atoms with Gasteiger partial charge in [-0.25, -0.2) is 4.79 Å². The van der Waals surface area contributed by atoms with Crippen LogP contribution in [0.4, 0.5) is 5.69 Å². The van der Waals surface area contributed by atoms with E-state index < -0.39 is 40.2 Å². The fourth-order valence-corrected chi connectivity index (χ4v) is 4.93. The molecular weight excluding hydrogens is 494 g/mol. The van der Waals surface area contributed by atoms with Gasteiger partial charge in [-0.3, -0.25) is 29.4 Å². The minimum absolute atomic E-state index is 0.00423. The average Bonchev–Trinajstić information content (AvgIpc) is 2.89. The van der Waals surface area contributed by atoms with Gasteiger partial charge in [-0.2, -0.15) is 0 Å². The number of non-ortho nitro benzene ring substituents is 1. The highest BCUT2D eigenvalue weighted by atomic mass is 32.2. The molecule has 2 aliphatic heterocycles. The van der Waals surface area contributed by atoms with Gasteiger partial charge in [0.1, 0.15) is 23.8 Å². The molecule has 13 heteroatoms. The van der Waals surface area contributed by atoms with Crippen LogP contribution in [0.15, 0.2) is 66.1 Å². The molecule has 2 aromatic carbocycles. The first-order chi connectivity index (χ1) is 17.3. The van der Waals surface area contributed by atoms with Crippen molar-refractivity contribution in [2.45, 2.75) is 24.1 Å². The number of hydrogen-bond acceptors (Lipinski definition) is 10. The second kappa shape index (κ2) is 10.5. The number of rotatable bonds is 9. The van der Waals surface area contributed by atoms with Gasteiger partial charge in [0, 0.05) is 17.7 Å². The van der Waals surface area contributed by atoms with Crippen molar-refractivity contribution in [2.75, 3.05) is 5.75 Å². The third-order valence-electron chi connectivity index (χ3n) is 5.49. The number of aliphatic hydroxyl groups excluding tert-OH is 1. The molecule has 186 valence electrons. The molecule has 0 bridgehead atoms. The van der Waals surface area contributed by atoms with Crippen LogP contribution in [0.5, 0.6) is 0 Å². The first kappa shape index (κ1) is 24.7. The van der Waals surface area contributed by atoms with Gasteiger partial charge in [0.15, 0.2) is 5.70 Å². The number of nitro groups is 1. The molecule has 1 fully saturated rings. The van der Waals surface area contributed by atoms with Gasteiger partial charge in [0.2, 0.25) is 6.10 Å². The third-order valence-corrected chi connectivity index (χ3v) is 6.75. The van der Waals surface area contributed by atoms with Crippen LogP contribution in [0, 0.1) is 10.1 Å². The van der Waals surface area contributed by atoms with E-state index in [0.29, 0.717) is 11.1 Å². The summed E-state index contributed by atoms with van der Waals surface area (Å²) in [6.45, 7) is -0.100. The maximum absolute atomic E-state index is 12.9. The minimum atomic E-state index is -1.27. The van der Waals surface area contributed by atoms with Crippen LogP contribution in [0.3, 0.4) is 0 Å². The van der Waals surface area contributed by atoms with E-state index in [1.54, 1.807) is 30.3 Å². The Labute approximate surface area is 208 Å². The molecule has 12 nitrogen and oxygen atoms in total. The van der Waals surface area contributed by atoms with Crippen molar-refractivity contribution in [3.05, 3.63) is 87.3 Å². The van der Waals surface area contributed by atoms with Crippen LogP contribution in [0.1, 0.15) is 17.2 Å². The van der Waals surface area contributed by atoms with Crippen molar-refractivity contribution < 1.29 is 38.7 Å². The number of hydrogen-bond donors (Lipinski definition) is 2. The van der Waals surface area contributed by atoms with Gasteiger partial charge < -0.3 is 19.9 Å². The van der Waals surface area contributed by atoms with Gasteiger partial charge in [-0.1, -0.05) is 30.3 Å². The molecule has 3 atom stereocenters. The SMILES string of the molecule is O=COC(C(=O)N[C@H]1C(=O)N2C(C(=O)OCc3ccc([N+](=O)[O-])cc3)=C(O)CS[C@@H]12)c1ccccc1. The molecule has 36 heavy (non-hydrogen) atoms. The van der Waals surface area contributed by atoms with Crippen molar-refractivity contribution >= 4 is 41.7 Å². The van der Waals surface area contributed by atoms with E-state index in [4.69, 9.17) is 9.47 Å². The van der Waals surface area contributed by atoms with Crippen LogP contribution >= 0.6 is 11.8 Å². The summed E-state index contributed by atoms with van der Waals surface area (Å²) in [6, 6.07) is 12.6. The molecular formula is C23H19N3O9S. The number of nitrogens with one attached hydrogen (secondary N) is 1. The summed E-state index contributed by atoms with van der Waals surface area (Å²) >= 11 is 1.14. The summed E-state index contributed by atoms with van der Waals surface area (Å²) < 4.78 is 10.1. The summed E-state index contributed by atoms with van der Waals surface area (Å²) in [7, 11) is 0. The van der Waals surface area contributed by atoms with E-state index in [9.17, 15) is 34.4 Å². The number of β-lactam (4-membered cyclic amide) rings is 1. The van der Waals surface area contributed by atoms with Crippen LogP contribution < -0.4 is 5.32 Å². The summed E-state index contributed by atoms with van der Waals surface area (Å²) in [6.07, 6.45) is -1.27. The monoisotopic (exact) mass is 513 g/mol. The normalized spacial score (nSPS) is 19.4. The number of fused-ring (bicyclic) bond motifs is 1. The Kier molecular flexibility index (Phi) is 7.20. The Balaban J connectivity index is 1.42. The first-order valence-electron chi connectivity index (χ1n) is 10.5. The smallest absolute Gasteiger partial charge is 0.358 e. The van der Waals surface area contributed by atoms with Crippen LogP contribution in [-0.2, 0) is 35.3 Å². The number of nitro benzene ring substituents is 1. The summed E-state index contributed by atoms with van der Waals surface area (Å²) in [4.78, 5) is 60.5. The van der Waals surface area contributed by atoms with Crippen molar-refractivity contribution in [3.63, 3.8) is 0 Å². The highest BCUT2D eigenvalue weighted by Crippen LogP contribution is 2.40. The second-order valence-electron chi connectivity index (χ2n) is 7.71. The standard InChI is InChI=1S/C23H19N3O9S/c27-12-35-19(14-4-2-1-3-5-14)20(29)24-17-21(30)25-18(16(28)11-36-22(17)25)23(31)34-10-13-6-8-15(9-7-13)26(32)33/h1-9,12,17,19,22,28H,10-11H2,(H,24,29)/t17-,19?,22-/m0/s1. The summed E-state index contributed by atoms with van der Waals surface area (Å²) in [5, 5.41) is 22.9. The Morgan fingerprint density at radius 1 is 1.22 bits per heavy atom. The Bertz CT molecular complexity index is 1230. The summed E-state index contributed by atoms with van der Waals surface area (Å²) in [5.41, 5.74) is 0.429. The number of benzene rings is 2. The van der Waals surface area contributed by atoms with Crippen LogP contribution in [0.25, 0.3) is 0 Å². The Hall–Kier alpha value is -4.39. The maximum Gasteiger partial charge on any atom is 0.358 e. The lowest BCUT2D eigenvalue weighted by Crippen LogP contribution is -2.71. The van der Waals surface area contributed by atoms with Crippen molar-refractivity contribution in [1.82, 2.24) is 10.2 Å². The van der Waals surface area contributed by atoms with E-state index in [2.05, 4.69) is 5.32 Å². The van der Waals surface area contributed by atoms with Crippen LogP contribution in [-0.4, -0.2) is 56.4 Å². The van der Waals surface area contributed by atoms with Gasteiger partial charge in [-0.05, 0) is 17.7 Å². The van der Waals surface area contributed by atoms with Crippen molar-refractivity contribution in [2.24, 2.45) is 0 Å². The predicted octanol–water partition coefficient (Wildman–Crippen LogP) is 1.72. The van der Waals surface area contributed by atoms with Gasteiger partial charge >= 0.3 is 5.97 Å². The number of carbonyl (C=O) groups excluding carboxylic acids is 4. The Morgan fingerprint density at radius 3 is 2.56 bits per heavy atom. The lowest BCUT2D eigenvalue weighted by atomic mass is 10.0. The Morgan fingerprint density at radius 2 is 1.92 bits per heavy atom. The molecule has 0 spiro atoms. The molecule has 2 amide bonds. The first-order valence-corrected chi connectivity index (χ1v) is 11.6. The molecule has 4 rings (SSSR count). The molecule has 2 N–H and O–H groups in total. The van der Waals surface area contributed by atoms with Crippen molar-refractivity contribution in [3.8, 4) is 0 Å². The average molecular weight is 513 g/mol. The lowest BCUT2D eigenvalue weighted by Gasteiger charge is -2.48. The molecule has 2 aromatic rings. The van der Waals surface area contributed by atoms with E-state index in [1.807, 2.05) is 0 Å². The fourth-order valence-electron chi connectivity index (χ4n) is 3.73. The van der Waals surface area contributed by atoms with E-state index >= 15 is 0 Å². The number of esters is 1. The van der Waals surface area contributed by atoms with E-state index in [1.165, 1.54) is 24.3 Å². The molecule has 0 radical (unpaired) electrons. The molecule has 1 unspecified atom stereocenters. The number of carbonyl (C=O) groups is 4. The quantitative estimate of drug-likeness (QED) is 0.166. The lowest BCUT2D eigenvalue weighted by molar-refractivity contribution is -0.384. The topological polar surface area (TPSA) is 165 Å². The van der Waals surface area contributed by atoms with Gasteiger partial charge in [-0.15, -0.1) is 11.8 Å². The fraction of sp³-hybridized carbons (Fsp3) is 0.217. The largest absolute Gasteiger partial charge is 0.509 e. The number of aliphatic hydroxyl groups is 1. The zero-order chi connectivity index (χ0) is 25.8. The predicted molar refractivity (Wildman–Crippen MR) is 124 cm³/mol. The molecule has 0 aliphatic carbocycles. The summed E-state index contributed by atoms with van der Waals surface area (Å²) in [5.74, 6) is -2.68. The number of nitrogens with zero attached hydrogens (tertiary/aromatic N) is 2.